The third-order valence-electron chi connectivity index (χ3n) is 5.73. The summed E-state index contributed by atoms with van der Waals surface area (Å²) >= 11 is 0. The summed E-state index contributed by atoms with van der Waals surface area (Å²) in [5.41, 5.74) is -0.0483. The number of ketones is 2. The molecule has 0 radical (unpaired) electrons. The van der Waals surface area contributed by atoms with Crippen LogP contribution in [0.25, 0.3) is 0 Å². The fraction of sp³-hybridized carbons (Fsp3) is 0.286. The van der Waals surface area contributed by atoms with Crippen molar-refractivity contribution in [2.75, 3.05) is 0 Å². The molecular formula is C21H19NO3. The zero-order valence-corrected chi connectivity index (χ0v) is 13.8. The van der Waals surface area contributed by atoms with Crippen LogP contribution >= 0.6 is 0 Å². The summed E-state index contributed by atoms with van der Waals surface area (Å²) in [5.74, 6) is -0.594. The van der Waals surface area contributed by atoms with E-state index in [2.05, 4.69) is 5.16 Å². The lowest BCUT2D eigenvalue weighted by molar-refractivity contribution is 0.0678. The second kappa shape index (κ2) is 5.96. The fourth-order valence-corrected chi connectivity index (χ4v) is 4.66. The minimum Gasteiger partial charge on any atom is -0.411 e. The van der Waals surface area contributed by atoms with Crippen LogP contribution < -0.4 is 0 Å². The Kier molecular flexibility index (Phi) is 3.75. The Hall–Kier alpha value is -2.75. The standard InChI is InChI=1S/C21H19NO3/c23-19(14-7-3-1-4-8-14)21(20(24)15-9-5-2-6-10-15)17-12-11-16(13-17)18(21)22-25/h1-10,16-17,25H,11-13H2/b22-18-. The van der Waals surface area contributed by atoms with Crippen LogP contribution in [0.4, 0.5) is 0 Å². The first-order chi connectivity index (χ1) is 12.2. The van der Waals surface area contributed by atoms with Crippen LogP contribution in [0, 0.1) is 17.3 Å². The number of Topliss-reactive ketones (excluding diaryl/α,β-unsaturated/α-hetero) is 2. The van der Waals surface area contributed by atoms with Gasteiger partial charge in [0.15, 0.2) is 11.6 Å². The average molecular weight is 333 g/mol. The van der Waals surface area contributed by atoms with Crippen LogP contribution in [0.15, 0.2) is 65.8 Å². The van der Waals surface area contributed by atoms with Gasteiger partial charge in [-0.05, 0) is 25.2 Å². The highest BCUT2D eigenvalue weighted by molar-refractivity contribution is 6.35. The molecule has 4 nitrogen and oxygen atoms in total. The van der Waals surface area contributed by atoms with Gasteiger partial charge in [0, 0.05) is 17.0 Å². The highest BCUT2D eigenvalue weighted by Crippen LogP contribution is 2.56. The van der Waals surface area contributed by atoms with E-state index in [1.54, 1.807) is 48.5 Å². The number of carbonyl (C=O) groups is 2. The van der Waals surface area contributed by atoms with Gasteiger partial charge >= 0.3 is 0 Å². The van der Waals surface area contributed by atoms with E-state index in [-0.39, 0.29) is 23.4 Å². The predicted molar refractivity (Wildman–Crippen MR) is 94.0 cm³/mol. The third-order valence-corrected chi connectivity index (χ3v) is 5.73. The molecule has 2 aromatic rings. The maximum Gasteiger partial charge on any atom is 0.182 e. The van der Waals surface area contributed by atoms with Crippen molar-refractivity contribution in [3.63, 3.8) is 0 Å². The topological polar surface area (TPSA) is 66.7 Å². The number of nitrogens with zero attached hydrogens (tertiary/aromatic N) is 1. The van der Waals surface area contributed by atoms with E-state index < -0.39 is 5.41 Å². The van der Waals surface area contributed by atoms with Crippen molar-refractivity contribution in [1.29, 1.82) is 0 Å². The van der Waals surface area contributed by atoms with Gasteiger partial charge in [-0.3, -0.25) is 9.59 Å². The molecule has 0 heterocycles. The highest BCUT2D eigenvalue weighted by atomic mass is 16.4. The monoisotopic (exact) mass is 333 g/mol. The van der Waals surface area contributed by atoms with Gasteiger partial charge in [-0.25, -0.2) is 0 Å². The molecule has 1 N–H and O–H groups in total. The lowest BCUT2D eigenvalue weighted by Crippen LogP contribution is -2.50. The molecular weight excluding hydrogens is 314 g/mol. The molecule has 2 unspecified atom stereocenters. The molecule has 0 amide bonds. The Balaban J connectivity index is 1.91. The first-order valence-corrected chi connectivity index (χ1v) is 8.61. The Morgan fingerprint density at radius 2 is 1.40 bits per heavy atom. The number of rotatable bonds is 4. The summed E-state index contributed by atoms with van der Waals surface area (Å²) in [7, 11) is 0. The van der Waals surface area contributed by atoms with Crippen LogP contribution in [0.3, 0.4) is 0 Å². The number of oxime groups is 1. The van der Waals surface area contributed by atoms with Crippen molar-refractivity contribution in [2.45, 2.75) is 19.3 Å². The van der Waals surface area contributed by atoms with E-state index in [1.165, 1.54) is 0 Å². The van der Waals surface area contributed by atoms with Crippen molar-refractivity contribution in [3.05, 3.63) is 71.8 Å². The number of hydrogen-bond acceptors (Lipinski definition) is 4. The molecule has 4 heteroatoms. The van der Waals surface area contributed by atoms with E-state index in [4.69, 9.17) is 0 Å². The van der Waals surface area contributed by atoms with Crippen LogP contribution in [0.2, 0.25) is 0 Å². The summed E-state index contributed by atoms with van der Waals surface area (Å²) in [6, 6.07) is 17.7. The van der Waals surface area contributed by atoms with E-state index in [0.29, 0.717) is 16.8 Å². The quantitative estimate of drug-likeness (QED) is 0.398. The fourth-order valence-electron chi connectivity index (χ4n) is 4.66. The number of benzene rings is 2. The number of carbonyl (C=O) groups excluding carboxylic acids is 2. The lowest BCUT2D eigenvalue weighted by atomic mass is 9.63. The SMILES string of the molecule is O=C(c1ccccc1)C1(C(=O)c2ccccc2)/C(=N\O)C2CCC1C2. The minimum absolute atomic E-state index is 0.00956. The molecule has 2 fully saturated rings. The second-order valence-corrected chi connectivity index (χ2v) is 6.89. The van der Waals surface area contributed by atoms with Gasteiger partial charge in [-0.1, -0.05) is 65.8 Å². The van der Waals surface area contributed by atoms with Gasteiger partial charge in [-0.2, -0.15) is 0 Å². The molecule has 4 rings (SSSR count). The normalized spacial score (nSPS) is 25.2. The molecule has 2 aliphatic rings. The molecule has 25 heavy (non-hydrogen) atoms. The molecule has 2 saturated carbocycles. The maximum atomic E-state index is 13.5. The molecule has 2 aromatic carbocycles. The van der Waals surface area contributed by atoms with Crippen LogP contribution in [-0.4, -0.2) is 22.5 Å². The zero-order chi connectivity index (χ0) is 17.4. The van der Waals surface area contributed by atoms with Crippen LogP contribution in [-0.2, 0) is 0 Å². The van der Waals surface area contributed by atoms with Crippen LogP contribution in [0.5, 0.6) is 0 Å². The number of fused-ring (bicyclic) bond motifs is 2. The van der Waals surface area contributed by atoms with E-state index in [1.807, 2.05) is 12.1 Å². The maximum absolute atomic E-state index is 13.5. The van der Waals surface area contributed by atoms with Gasteiger partial charge in [0.05, 0.1) is 5.71 Å². The second-order valence-electron chi connectivity index (χ2n) is 6.89. The predicted octanol–water partition coefficient (Wildman–Crippen LogP) is 4.00. The first kappa shape index (κ1) is 15.8. The zero-order valence-electron chi connectivity index (χ0n) is 13.8. The molecule has 2 atom stereocenters. The molecule has 0 saturated heterocycles. The van der Waals surface area contributed by atoms with Gasteiger partial charge < -0.3 is 5.21 Å². The van der Waals surface area contributed by atoms with Crippen molar-refractivity contribution < 1.29 is 14.8 Å². The molecule has 0 spiro atoms. The van der Waals surface area contributed by atoms with Crippen molar-refractivity contribution >= 4 is 17.3 Å². The third kappa shape index (κ3) is 2.17. The van der Waals surface area contributed by atoms with Crippen LogP contribution in [0.1, 0.15) is 40.0 Å². The van der Waals surface area contributed by atoms with Crippen molar-refractivity contribution in [3.8, 4) is 0 Å². The van der Waals surface area contributed by atoms with Gasteiger partial charge in [0.25, 0.3) is 0 Å². The summed E-state index contributed by atoms with van der Waals surface area (Å²) in [4.78, 5) is 27.1. The van der Waals surface area contributed by atoms with E-state index in [0.717, 1.165) is 19.3 Å². The Morgan fingerprint density at radius 1 is 0.880 bits per heavy atom. The van der Waals surface area contributed by atoms with Crippen molar-refractivity contribution in [1.82, 2.24) is 0 Å². The first-order valence-electron chi connectivity index (χ1n) is 8.61. The van der Waals surface area contributed by atoms with Gasteiger partial charge in [0.1, 0.15) is 5.41 Å². The molecule has 2 aliphatic carbocycles. The van der Waals surface area contributed by atoms with E-state index in [9.17, 15) is 14.8 Å². The Labute approximate surface area is 146 Å². The molecule has 126 valence electrons. The molecule has 0 aromatic heterocycles. The highest BCUT2D eigenvalue weighted by Gasteiger charge is 2.65. The van der Waals surface area contributed by atoms with Gasteiger partial charge in [0.2, 0.25) is 0 Å². The largest absolute Gasteiger partial charge is 0.411 e. The summed E-state index contributed by atoms with van der Waals surface area (Å²) < 4.78 is 0. The number of hydrogen-bond donors (Lipinski definition) is 1. The van der Waals surface area contributed by atoms with Crippen molar-refractivity contribution in [2.24, 2.45) is 22.4 Å². The Morgan fingerprint density at radius 3 is 1.88 bits per heavy atom. The summed E-state index contributed by atoms with van der Waals surface area (Å²) in [5, 5.41) is 13.2. The van der Waals surface area contributed by atoms with Gasteiger partial charge in [-0.15, -0.1) is 0 Å². The average Bonchev–Trinajstić information content (AvgIpc) is 3.28. The lowest BCUT2D eigenvalue weighted by Gasteiger charge is -2.35. The molecule has 0 aliphatic heterocycles. The summed E-state index contributed by atoms with van der Waals surface area (Å²) in [6.45, 7) is 0. The Bertz CT molecular complexity index is 790. The molecule has 2 bridgehead atoms. The smallest absolute Gasteiger partial charge is 0.182 e. The minimum atomic E-state index is -1.37. The summed E-state index contributed by atoms with van der Waals surface area (Å²) in [6.07, 6.45) is 2.41. The van der Waals surface area contributed by atoms with E-state index >= 15 is 0 Å².